The van der Waals surface area contributed by atoms with Crippen LogP contribution in [-0.2, 0) is 10.8 Å². The molecule has 4 aliphatic rings. The molecule has 0 fully saturated rings. The minimum atomic E-state index is -0.196. The topological polar surface area (TPSA) is 6.48 Å². The van der Waals surface area contributed by atoms with Crippen LogP contribution in [0.3, 0.4) is 0 Å². The first-order valence-electron chi connectivity index (χ1n) is 18.9. The van der Waals surface area contributed by atoms with Crippen LogP contribution in [0, 0.1) is 13.8 Å². The molecule has 262 valence electrons. The molecule has 2 aliphatic carbocycles. The highest BCUT2D eigenvalue weighted by molar-refractivity contribution is 8.00. The summed E-state index contributed by atoms with van der Waals surface area (Å²) in [4.78, 5) is 10.1. The van der Waals surface area contributed by atoms with Gasteiger partial charge >= 0.3 is 0 Å². The molecule has 0 spiro atoms. The van der Waals surface area contributed by atoms with Gasteiger partial charge in [-0.1, -0.05) is 112 Å². The number of fused-ring (bicyclic) bond motifs is 11. The van der Waals surface area contributed by atoms with Crippen LogP contribution in [0.25, 0.3) is 22.3 Å². The Balaban J connectivity index is 1.07. The van der Waals surface area contributed by atoms with Gasteiger partial charge in [0.1, 0.15) is 0 Å². The molecular weight excluding hydrogens is 693 g/mol. The molecule has 0 saturated carbocycles. The van der Waals surface area contributed by atoms with E-state index in [0.29, 0.717) is 0 Å². The fourth-order valence-corrected chi connectivity index (χ4v) is 12.2. The molecule has 2 nitrogen and oxygen atoms in total. The SMILES string of the molecule is Cc1cc(N2c3ccccc3Sc3ccccc32)cc2c1-c1ccc3c(c1C2(C)C)C(C)(C)c1cc(N2c4ccccc4Sc4ccccc42)cc(C)c1-3. The molecule has 7 aromatic rings. The van der Waals surface area contributed by atoms with Gasteiger partial charge in [-0.25, -0.2) is 0 Å². The van der Waals surface area contributed by atoms with E-state index in [4.69, 9.17) is 0 Å². The Kier molecular flexibility index (Phi) is 6.69. The zero-order valence-corrected chi connectivity index (χ0v) is 33.0. The number of anilines is 6. The van der Waals surface area contributed by atoms with Gasteiger partial charge in [-0.05, 0) is 142 Å². The van der Waals surface area contributed by atoms with E-state index in [2.05, 4.69) is 185 Å². The Morgan fingerprint density at radius 1 is 0.407 bits per heavy atom. The molecule has 0 N–H and O–H groups in total. The van der Waals surface area contributed by atoms with Gasteiger partial charge in [-0.3, -0.25) is 0 Å². The Hall–Kier alpha value is -5.16. The number of para-hydroxylation sites is 4. The average Bonchev–Trinajstić information content (AvgIpc) is 3.55. The summed E-state index contributed by atoms with van der Waals surface area (Å²) in [6.07, 6.45) is 0. The zero-order valence-electron chi connectivity index (χ0n) is 31.4. The second kappa shape index (κ2) is 11.2. The minimum Gasteiger partial charge on any atom is -0.308 e. The van der Waals surface area contributed by atoms with Gasteiger partial charge in [-0.2, -0.15) is 0 Å². The summed E-state index contributed by atoms with van der Waals surface area (Å²) in [6, 6.07) is 50.1. The van der Waals surface area contributed by atoms with Crippen LogP contribution >= 0.6 is 23.5 Å². The molecule has 54 heavy (non-hydrogen) atoms. The molecule has 2 heterocycles. The first-order valence-corrected chi connectivity index (χ1v) is 20.6. The lowest BCUT2D eigenvalue weighted by Crippen LogP contribution is -2.24. The fourth-order valence-electron chi connectivity index (χ4n) is 10.0. The predicted molar refractivity (Wildman–Crippen MR) is 229 cm³/mol. The largest absolute Gasteiger partial charge is 0.308 e. The summed E-state index contributed by atoms with van der Waals surface area (Å²) in [6.45, 7) is 14.5. The molecule has 7 aromatic carbocycles. The molecule has 0 saturated heterocycles. The highest BCUT2D eigenvalue weighted by Crippen LogP contribution is 2.62. The summed E-state index contributed by atoms with van der Waals surface area (Å²) < 4.78 is 0. The summed E-state index contributed by atoms with van der Waals surface area (Å²) >= 11 is 3.73. The highest BCUT2D eigenvalue weighted by atomic mass is 32.2. The van der Waals surface area contributed by atoms with Crippen molar-refractivity contribution in [2.45, 2.75) is 72.0 Å². The molecule has 0 bridgehead atoms. The van der Waals surface area contributed by atoms with Crippen molar-refractivity contribution < 1.29 is 0 Å². The van der Waals surface area contributed by atoms with Crippen LogP contribution in [0.2, 0.25) is 0 Å². The van der Waals surface area contributed by atoms with Crippen LogP contribution in [0.4, 0.5) is 34.1 Å². The van der Waals surface area contributed by atoms with Crippen molar-refractivity contribution >= 4 is 57.6 Å². The number of aryl methyl sites for hydroxylation is 2. The van der Waals surface area contributed by atoms with Crippen LogP contribution in [0.5, 0.6) is 0 Å². The van der Waals surface area contributed by atoms with Crippen molar-refractivity contribution in [2.24, 2.45) is 0 Å². The quantitative estimate of drug-likeness (QED) is 0.174. The summed E-state index contributed by atoms with van der Waals surface area (Å²) in [5, 5.41) is 0. The Bertz CT molecular complexity index is 2490. The Morgan fingerprint density at radius 3 is 1.06 bits per heavy atom. The number of rotatable bonds is 2. The fraction of sp³-hybridized carbons (Fsp3) is 0.160. The third kappa shape index (κ3) is 4.27. The van der Waals surface area contributed by atoms with Crippen molar-refractivity contribution in [3.63, 3.8) is 0 Å². The normalized spacial score (nSPS) is 16.0. The monoisotopic (exact) mass is 732 g/mol. The van der Waals surface area contributed by atoms with Crippen LogP contribution in [0.1, 0.15) is 61.1 Å². The number of hydrogen-bond acceptors (Lipinski definition) is 4. The molecule has 4 heteroatoms. The molecular formula is C50H40N2S2. The van der Waals surface area contributed by atoms with Crippen LogP contribution in [-0.4, -0.2) is 0 Å². The van der Waals surface area contributed by atoms with Crippen LogP contribution < -0.4 is 9.80 Å². The maximum Gasteiger partial charge on any atom is 0.0601 e. The molecule has 0 amide bonds. The lowest BCUT2D eigenvalue weighted by atomic mass is 9.72. The van der Waals surface area contributed by atoms with Crippen molar-refractivity contribution in [3.05, 3.63) is 167 Å². The number of hydrogen-bond donors (Lipinski definition) is 0. The standard InChI is InChI=1S/C50H40N2S2/c1-29-25-31(51-37-15-7-11-19-41(37)53-42-20-12-8-16-38(42)51)27-35-45(29)33-23-24-34-46-30(2)26-32(28-36(46)50(5,6)48(34)47(33)49(35,3)4)52-39-17-9-13-21-43(39)54-44-22-14-10-18-40(44)52/h7-28H,1-6H3. The van der Waals surface area contributed by atoms with Gasteiger partial charge in [0.15, 0.2) is 0 Å². The molecule has 0 radical (unpaired) electrons. The summed E-state index contributed by atoms with van der Waals surface area (Å²) in [5.41, 5.74) is 21.1. The molecule has 2 aliphatic heterocycles. The van der Waals surface area contributed by atoms with Crippen LogP contribution in [0.15, 0.2) is 153 Å². The smallest absolute Gasteiger partial charge is 0.0601 e. The van der Waals surface area contributed by atoms with E-state index < -0.39 is 0 Å². The van der Waals surface area contributed by atoms with Gasteiger partial charge in [0, 0.05) is 41.8 Å². The second-order valence-electron chi connectivity index (χ2n) is 16.3. The third-order valence-electron chi connectivity index (χ3n) is 12.4. The minimum absolute atomic E-state index is 0.196. The van der Waals surface area contributed by atoms with Crippen molar-refractivity contribution in [1.82, 2.24) is 0 Å². The predicted octanol–water partition coefficient (Wildman–Crippen LogP) is 14.8. The second-order valence-corrected chi connectivity index (χ2v) is 18.4. The van der Waals surface area contributed by atoms with E-state index >= 15 is 0 Å². The van der Waals surface area contributed by atoms with Crippen molar-refractivity contribution in [3.8, 4) is 22.3 Å². The molecule has 0 atom stereocenters. The van der Waals surface area contributed by atoms with Gasteiger partial charge in [0.25, 0.3) is 0 Å². The molecule has 0 aromatic heterocycles. The highest BCUT2D eigenvalue weighted by Gasteiger charge is 2.47. The Morgan fingerprint density at radius 2 is 0.722 bits per heavy atom. The van der Waals surface area contributed by atoms with E-state index in [0.717, 1.165) is 0 Å². The summed E-state index contributed by atoms with van der Waals surface area (Å²) in [5.74, 6) is 0. The molecule has 0 unspecified atom stereocenters. The van der Waals surface area contributed by atoms with Gasteiger partial charge in [-0.15, -0.1) is 0 Å². The Labute approximate surface area is 326 Å². The van der Waals surface area contributed by atoms with Crippen molar-refractivity contribution in [1.29, 1.82) is 0 Å². The average molecular weight is 733 g/mol. The van der Waals surface area contributed by atoms with E-state index in [1.165, 1.54) is 109 Å². The third-order valence-corrected chi connectivity index (χ3v) is 14.6. The lowest BCUT2D eigenvalue weighted by Gasteiger charge is -2.35. The van der Waals surface area contributed by atoms with Gasteiger partial charge < -0.3 is 9.80 Å². The maximum absolute atomic E-state index is 2.50. The van der Waals surface area contributed by atoms with E-state index in [1.807, 2.05) is 23.5 Å². The van der Waals surface area contributed by atoms with Gasteiger partial charge in [0.05, 0.1) is 22.7 Å². The van der Waals surface area contributed by atoms with Crippen molar-refractivity contribution in [2.75, 3.05) is 9.80 Å². The van der Waals surface area contributed by atoms with E-state index in [9.17, 15) is 0 Å². The van der Waals surface area contributed by atoms with E-state index in [-0.39, 0.29) is 10.8 Å². The maximum atomic E-state index is 2.50. The number of benzene rings is 7. The summed E-state index contributed by atoms with van der Waals surface area (Å²) in [7, 11) is 0. The zero-order chi connectivity index (χ0) is 36.7. The van der Waals surface area contributed by atoms with Gasteiger partial charge in [0.2, 0.25) is 0 Å². The number of nitrogens with zero attached hydrogens (tertiary/aromatic N) is 2. The molecule has 11 rings (SSSR count). The first-order chi connectivity index (χ1) is 26.1. The first kappa shape index (κ1) is 32.3. The van der Waals surface area contributed by atoms with E-state index in [1.54, 1.807) is 0 Å². The lowest BCUT2D eigenvalue weighted by molar-refractivity contribution is 0.601.